The molecule has 0 radical (unpaired) electrons. The highest BCUT2D eigenvalue weighted by molar-refractivity contribution is 7.91. The zero-order valence-corrected chi connectivity index (χ0v) is 11.7. The molecular formula is C9H13ClN2O3S2. The number of hydrogen-bond acceptors (Lipinski definition) is 4. The van der Waals surface area contributed by atoms with Gasteiger partial charge >= 0.3 is 0 Å². The Kier molecular flexibility index (Phi) is 4.93. The van der Waals surface area contributed by atoms with Crippen LogP contribution in [0.1, 0.15) is 13.8 Å². The minimum atomic E-state index is -3.65. The van der Waals surface area contributed by atoms with Gasteiger partial charge in [0.2, 0.25) is 5.91 Å². The second-order valence-electron chi connectivity index (χ2n) is 3.61. The molecule has 0 fully saturated rings. The number of amides is 1. The molecule has 8 heteroatoms. The normalized spacial score (nSPS) is 11.8. The third-order valence-electron chi connectivity index (χ3n) is 1.69. The number of nitrogens with one attached hydrogen (secondary N) is 2. The fourth-order valence-corrected chi connectivity index (χ4v) is 3.56. The number of rotatable bonds is 5. The summed E-state index contributed by atoms with van der Waals surface area (Å²) in [5.41, 5.74) is 0. The smallest absolute Gasteiger partial charge is 0.250 e. The van der Waals surface area contributed by atoms with Crippen molar-refractivity contribution in [3.8, 4) is 0 Å². The Morgan fingerprint density at radius 2 is 2.12 bits per heavy atom. The Labute approximate surface area is 109 Å². The summed E-state index contributed by atoms with van der Waals surface area (Å²) in [6.45, 7) is 3.31. The number of halogens is 1. The third kappa shape index (κ3) is 4.63. The average Bonchev–Trinajstić information content (AvgIpc) is 2.62. The molecule has 0 atom stereocenters. The van der Waals surface area contributed by atoms with Crippen LogP contribution in [0.25, 0.3) is 0 Å². The van der Waals surface area contributed by atoms with E-state index in [2.05, 4.69) is 10.0 Å². The van der Waals surface area contributed by atoms with Crippen molar-refractivity contribution in [1.29, 1.82) is 0 Å². The number of carbonyl (C=O) groups is 1. The van der Waals surface area contributed by atoms with Crippen molar-refractivity contribution in [3.05, 3.63) is 16.5 Å². The predicted octanol–water partition coefficient (Wildman–Crippen LogP) is 1.20. The van der Waals surface area contributed by atoms with Gasteiger partial charge in [-0.15, -0.1) is 11.3 Å². The number of thiophene rings is 1. The van der Waals surface area contributed by atoms with Crippen molar-refractivity contribution in [2.75, 3.05) is 6.54 Å². The van der Waals surface area contributed by atoms with Crippen LogP contribution in [0.2, 0.25) is 4.34 Å². The Morgan fingerprint density at radius 3 is 2.59 bits per heavy atom. The lowest BCUT2D eigenvalue weighted by Gasteiger charge is -2.08. The van der Waals surface area contributed by atoms with Gasteiger partial charge in [-0.25, -0.2) is 13.1 Å². The highest BCUT2D eigenvalue weighted by Crippen LogP contribution is 2.25. The Hall–Kier alpha value is -0.630. The molecule has 0 aromatic carbocycles. The highest BCUT2D eigenvalue weighted by Gasteiger charge is 2.17. The number of hydrogen-bond donors (Lipinski definition) is 2. The third-order valence-corrected chi connectivity index (χ3v) is 4.81. The van der Waals surface area contributed by atoms with Crippen LogP contribution in [0, 0.1) is 0 Å². The molecule has 1 aromatic heterocycles. The molecule has 0 saturated heterocycles. The van der Waals surface area contributed by atoms with Crippen LogP contribution < -0.4 is 10.0 Å². The summed E-state index contributed by atoms with van der Waals surface area (Å²) in [6.07, 6.45) is 0. The van der Waals surface area contributed by atoms with E-state index in [0.717, 1.165) is 11.3 Å². The number of carbonyl (C=O) groups excluding carboxylic acids is 1. The average molecular weight is 297 g/mol. The van der Waals surface area contributed by atoms with Crippen molar-refractivity contribution < 1.29 is 13.2 Å². The molecule has 1 amide bonds. The van der Waals surface area contributed by atoms with Crippen LogP contribution in [-0.4, -0.2) is 26.9 Å². The Bertz CT molecular complexity index is 496. The molecule has 1 aromatic rings. The fraction of sp³-hybridized carbons (Fsp3) is 0.444. The van der Waals surface area contributed by atoms with E-state index in [1.54, 1.807) is 13.8 Å². The van der Waals surface area contributed by atoms with E-state index < -0.39 is 10.0 Å². The molecule has 0 unspecified atom stereocenters. The summed E-state index contributed by atoms with van der Waals surface area (Å²) in [5, 5.41) is 2.58. The predicted molar refractivity (Wildman–Crippen MR) is 67.8 cm³/mol. The SMILES string of the molecule is CC(C)NC(=O)CNS(=O)(=O)c1ccc(Cl)s1. The maximum atomic E-state index is 11.7. The van der Waals surface area contributed by atoms with Crippen molar-refractivity contribution in [2.24, 2.45) is 0 Å². The molecule has 0 aliphatic heterocycles. The van der Waals surface area contributed by atoms with Crippen LogP contribution in [0.15, 0.2) is 16.3 Å². The lowest BCUT2D eigenvalue weighted by molar-refractivity contribution is -0.120. The van der Waals surface area contributed by atoms with Gasteiger partial charge in [0.05, 0.1) is 10.9 Å². The van der Waals surface area contributed by atoms with Crippen LogP contribution in [0.4, 0.5) is 0 Å². The molecular weight excluding hydrogens is 284 g/mol. The van der Waals surface area contributed by atoms with E-state index in [4.69, 9.17) is 11.6 Å². The molecule has 1 heterocycles. The molecule has 5 nitrogen and oxygen atoms in total. The first kappa shape index (κ1) is 14.4. The van der Waals surface area contributed by atoms with Crippen molar-refractivity contribution in [2.45, 2.75) is 24.1 Å². The topological polar surface area (TPSA) is 75.3 Å². The van der Waals surface area contributed by atoms with E-state index in [9.17, 15) is 13.2 Å². The second-order valence-corrected chi connectivity index (χ2v) is 7.31. The largest absolute Gasteiger partial charge is 0.353 e. The lowest BCUT2D eigenvalue weighted by Crippen LogP contribution is -2.39. The minimum absolute atomic E-state index is 0.0248. The second kappa shape index (κ2) is 5.81. The van der Waals surface area contributed by atoms with Gasteiger partial charge in [-0.3, -0.25) is 4.79 Å². The molecule has 2 N–H and O–H groups in total. The minimum Gasteiger partial charge on any atom is -0.353 e. The van der Waals surface area contributed by atoms with Crippen LogP contribution >= 0.6 is 22.9 Å². The zero-order chi connectivity index (χ0) is 13.1. The quantitative estimate of drug-likeness (QED) is 0.857. The van der Waals surface area contributed by atoms with Gasteiger partial charge in [-0.05, 0) is 26.0 Å². The molecule has 0 saturated carbocycles. The fourth-order valence-electron chi connectivity index (χ4n) is 1.05. The van der Waals surface area contributed by atoms with Gasteiger partial charge in [0.25, 0.3) is 10.0 Å². The van der Waals surface area contributed by atoms with Crippen molar-refractivity contribution in [3.63, 3.8) is 0 Å². The molecule has 0 aliphatic carbocycles. The van der Waals surface area contributed by atoms with E-state index in [0.29, 0.717) is 4.34 Å². The van der Waals surface area contributed by atoms with E-state index in [1.807, 2.05) is 0 Å². The summed E-state index contributed by atoms with van der Waals surface area (Å²) >= 11 is 6.59. The summed E-state index contributed by atoms with van der Waals surface area (Å²) < 4.78 is 26.1. The maximum Gasteiger partial charge on any atom is 0.250 e. The lowest BCUT2D eigenvalue weighted by atomic mass is 10.4. The molecule has 17 heavy (non-hydrogen) atoms. The van der Waals surface area contributed by atoms with Gasteiger partial charge in [-0.2, -0.15) is 0 Å². The van der Waals surface area contributed by atoms with Crippen LogP contribution in [0.3, 0.4) is 0 Å². The maximum absolute atomic E-state index is 11.7. The van der Waals surface area contributed by atoms with Gasteiger partial charge < -0.3 is 5.32 Å². The molecule has 0 bridgehead atoms. The van der Waals surface area contributed by atoms with Crippen molar-refractivity contribution in [1.82, 2.24) is 10.0 Å². The van der Waals surface area contributed by atoms with Gasteiger partial charge in [0.15, 0.2) is 0 Å². The van der Waals surface area contributed by atoms with Gasteiger partial charge in [-0.1, -0.05) is 11.6 Å². The summed E-state index contributed by atoms with van der Waals surface area (Å²) in [4.78, 5) is 11.3. The van der Waals surface area contributed by atoms with Gasteiger partial charge in [0, 0.05) is 6.04 Å². The van der Waals surface area contributed by atoms with Crippen LogP contribution in [-0.2, 0) is 14.8 Å². The Morgan fingerprint density at radius 1 is 1.47 bits per heavy atom. The first-order valence-corrected chi connectivity index (χ1v) is 7.53. The molecule has 0 aliphatic rings. The molecule has 96 valence electrons. The summed E-state index contributed by atoms with van der Waals surface area (Å²) in [5.74, 6) is -0.369. The molecule has 0 spiro atoms. The van der Waals surface area contributed by atoms with Gasteiger partial charge in [0.1, 0.15) is 4.21 Å². The van der Waals surface area contributed by atoms with E-state index in [-0.39, 0.29) is 22.7 Å². The Balaban J connectivity index is 2.60. The first-order chi connectivity index (χ1) is 7.81. The monoisotopic (exact) mass is 296 g/mol. The van der Waals surface area contributed by atoms with E-state index in [1.165, 1.54) is 12.1 Å². The van der Waals surface area contributed by atoms with Crippen LogP contribution in [0.5, 0.6) is 0 Å². The standard InChI is InChI=1S/C9H13ClN2O3S2/c1-6(2)12-8(13)5-11-17(14,15)9-4-3-7(10)16-9/h3-4,6,11H,5H2,1-2H3,(H,12,13). The summed E-state index contributed by atoms with van der Waals surface area (Å²) in [6, 6.07) is 2.87. The zero-order valence-electron chi connectivity index (χ0n) is 9.36. The highest BCUT2D eigenvalue weighted by atomic mass is 35.5. The number of sulfonamides is 1. The first-order valence-electron chi connectivity index (χ1n) is 4.85. The molecule has 1 rings (SSSR count). The summed E-state index contributed by atoms with van der Waals surface area (Å²) in [7, 11) is -3.65. The van der Waals surface area contributed by atoms with Crippen molar-refractivity contribution >= 4 is 38.9 Å². The van der Waals surface area contributed by atoms with E-state index >= 15 is 0 Å².